The number of allylic oxidation sites excluding steroid dienone is 2. The maximum Gasteiger partial charge on any atom is -0.147 e. The molecule has 8 rings (SSSR count). The van der Waals surface area contributed by atoms with Gasteiger partial charge in [-0.25, -0.2) is 0 Å². The summed E-state index contributed by atoms with van der Waals surface area (Å²) in [5.74, 6) is 1.50. The van der Waals surface area contributed by atoms with Crippen molar-refractivity contribution in [2.75, 3.05) is 0 Å². The number of aryl methyl sites for hydroxylation is 2. The molecule has 2 fully saturated rings. The molecular formula is C49H62Cl2SiZr. The number of rotatable bonds is 7. The van der Waals surface area contributed by atoms with E-state index in [4.69, 9.17) is 0 Å². The topological polar surface area (TPSA) is 0 Å². The van der Waals surface area contributed by atoms with Crippen molar-refractivity contribution in [3.8, 4) is 22.3 Å². The van der Waals surface area contributed by atoms with Crippen LogP contribution in [0.15, 0.2) is 83.9 Å². The Morgan fingerprint density at radius 1 is 0.547 bits per heavy atom. The molecule has 4 aromatic carbocycles. The second-order valence-corrected chi connectivity index (χ2v) is 48.7. The van der Waals surface area contributed by atoms with Crippen LogP contribution in [0.4, 0.5) is 0 Å². The molecule has 0 N–H and O–H groups in total. The Bertz CT molecular complexity index is 2100. The number of fused-ring (bicyclic) bond motifs is 2. The molecule has 4 aliphatic carbocycles. The molecule has 0 spiro atoms. The van der Waals surface area contributed by atoms with Gasteiger partial charge in [0.1, 0.15) is 0 Å². The Labute approximate surface area is 336 Å². The van der Waals surface area contributed by atoms with E-state index < -0.39 is 17.4 Å². The van der Waals surface area contributed by atoms with Crippen molar-refractivity contribution in [1.29, 1.82) is 0 Å². The number of hydrogen-bond donors (Lipinski definition) is 0. The monoisotopic (exact) mass is 838 g/mol. The first kappa shape index (κ1) is 40.7. The Morgan fingerprint density at radius 3 is 1.40 bits per heavy atom. The molecule has 0 saturated heterocycles. The fourth-order valence-corrected chi connectivity index (χ4v) is 32.4. The van der Waals surface area contributed by atoms with Gasteiger partial charge < -0.3 is 0 Å². The molecule has 0 bridgehead atoms. The minimum Gasteiger partial charge on any atom is -0.147 e. The Morgan fingerprint density at radius 2 is 0.962 bits per heavy atom. The average Bonchev–Trinajstić information content (AvgIpc) is 3.74. The summed E-state index contributed by atoms with van der Waals surface area (Å²) in [6, 6.07) is 29.3. The van der Waals surface area contributed by atoms with Crippen molar-refractivity contribution in [3.63, 3.8) is 0 Å². The van der Waals surface area contributed by atoms with Crippen molar-refractivity contribution in [2.24, 2.45) is 0 Å². The Hall–Kier alpha value is -1.96. The minimum absolute atomic E-state index is 0. The van der Waals surface area contributed by atoms with Gasteiger partial charge in [0.2, 0.25) is 0 Å². The fraction of sp³-hybridized carbons (Fsp3) is 0.429. The molecule has 0 aromatic heterocycles. The number of halogens is 2. The van der Waals surface area contributed by atoms with Gasteiger partial charge in [0, 0.05) is 0 Å². The first-order valence-electron chi connectivity index (χ1n) is 20.5. The molecule has 4 aliphatic rings. The average molecular weight is 841 g/mol. The fourth-order valence-electron chi connectivity index (χ4n) is 11.6. The summed E-state index contributed by atoms with van der Waals surface area (Å²) in [4.78, 5) is 0. The zero-order chi connectivity index (χ0) is 35.5. The van der Waals surface area contributed by atoms with Gasteiger partial charge in [-0.3, -0.25) is 0 Å². The van der Waals surface area contributed by atoms with Crippen molar-refractivity contribution in [2.45, 2.75) is 127 Å². The van der Waals surface area contributed by atoms with E-state index in [1.165, 1.54) is 109 Å². The molecule has 4 heteroatoms. The van der Waals surface area contributed by atoms with E-state index in [0.717, 1.165) is 18.3 Å². The summed E-state index contributed by atoms with van der Waals surface area (Å²) in [5.41, 5.74) is 21.3. The van der Waals surface area contributed by atoms with Crippen LogP contribution in [0.1, 0.15) is 148 Å². The first-order valence-corrected chi connectivity index (χ1v) is 34.2. The van der Waals surface area contributed by atoms with Crippen LogP contribution in [0.2, 0.25) is 9.26 Å². The van der Waals surface area contributed by atoms with E-state index in [9.17, 15) is 0 Å². The van der Waals surface area contributed by atoms with Crippen molar-refractivity contribution >= 4 is 43.8 Å². The molecule has 2 saturated carbocycles. The Kier molecular flexibility index (Phi) is 12.2. The second-order valence-electron chi connectivity index (χ2n) is 18.2. The van der Waals surface area contributed by atoms with E-state index in [-0.39, 0.29) is 24.8 Å². The predicted octanol–water partition coefficient (Wildman–Crippen LogP) is 14.9. The van der Waals surface area contributed by atoms with Crippen LogP contribution in [0, 0.1) is 13.8 Å². The summed E-state index contributed by atoms with van der Waals surface area (Å²) in [7, 11) is 0. The van der Waals surface area contributed by atoms with Gasteiger partial charge in [-0.05, 0) is 0 Å². The first-order chi connectivity index (χ1) is 24.5. The maximum atomic E-state index is 2.82. The van der Waals surface area contributed by atoms with Crippen molar-refractivity contribution < 1.29 is 17.4 Å². The zero-order valence-electron chi connectivity index (χ0n) is 33.2. The van der Waals surface area contributed by atoms with Gasteiger partial charge in [0.25, 0.3) is 0 Å². The third-order valence-corrected chi connectivity index (χ3v) is 31.6. The summed E-state index contributed by atoms with van der Waals surface area (Å²) < 4.78 is 6.71. The second kappa shape index (κ2) is 15.9. The molecule has 4 aromatic rings. The standard InChI is InChI=1S/C24H27.C23H25.2CH3.2ClH.H2Si.Zr/c1-3-18-15-23-17(2)9-14-22(24(23)16-18)21-12-10-20(11-13-21)19-7-5-4-6-8-19;1-16-14-22-17(2)8-13-21(23(22)15-16)20-11-9-19(10-12-20)18-6-4-3-5-7-18;;;;;;/h9-16,19H,3-8H2,1-2H3;8-15,18H,3-7H2,1-2H3;2*1H3;2*1H;1H2;. The van der Waals surface area contributed by atoms with Gasteiger partial charge in [-0.15, -0.1) is 24.8 Å². The molecule has 0 heterocycles. The van der Waals surface area contributed by atoms with Crippen LogP contribution in [0.25, 0.3) is 34.4 Å². The predicted molar refractivity (Wildman–Crippen MR) is 237 cm³/mol. The van der Waals surface area contributed by atoms with Crippen LogP contribution < -0.4 is 0 Å². The minimum atomic E-state index is -3.71. The van der Waals surface area contributed by atoms with Gasteiger partial charge in [-0.2, -0.15) is 0 Å². The molecule has 280 valence electrons. The normalized spacial score (nSPS) is 20.5. The molecule has 2 unspecified atom stereocenters. The van der Waals surface area contributed by atoms with Crippen LogP contribution in [0.5, 0.6) is 0 Å². The quantitative estimate of drug-likeness (QED) is 0.163. The zero-order valence-corrected chi connectivity index (χ0v) is 38.7. The molecule has 0 radical (unpaired) electrons. The summed E-state index contributed by atoms with van der Waals surface area (Å²) in [5, 5.41) is 0. The number of benzene rings is 4. The van der Waals surface area contributed by atoms with E-state index in [1.807, 2.05) is 0 Å². The smallest absolute Gasteiger partial charge is 0.147 e. The van der Waals surface area contributed by atoms with Crippen molar-refractivity contribution in [3.05, 3.63) is 128 Å². The van der Waals surface area contributed by atoms with Crippen molar-refractivity contribution in [1.82, 2.24) is 0 Å². The molecule has 0 aliphatic heterocycles. The Balaban J connectivity index is 0.00000240. The molecule has 53 heavy (non-hydrogen) atoms. The third kappa shape index (κ3) is 7.27. The largest absolute Gasteiger partial charge is 0.147 e. The van der Waals surface area contributed by atoms with Crippen LogP contribution >= 0.6 is 24.8 Å². The SMILES string of the molecule is CCC1=Cc2c(-c3ccc(C4CCCCC4)cc3)ccc(C)c2[CH]1[Zr]([CH3])([CH3])(=[SiH2])[CH]1C(C)=Cc2c(-c3ccc(C4CCCCC4)cc3)ccc(C)c21.Cl.Cl. The summed E-state index contributed by atoms with van der Waals surface area (Å²) in [6.45, 7) is 12.2. The third-order valence-electron chi connectivity index (χ3n) is 14.0. The van der Waals surface area contributed by atoms with Crippen LogP contribution in [-0.4, -0.2) is 6.88 Å². The van der Waals surface area contributed by atoms with Crippen LogP contribution in [0.3, 0.4) is 0 Å². The molecule has 2 atom stereocenters. The van der Waals surface area contributed by atoms with E-state index >= 15 is 0 Å². The van der Waals surface area contributed by atoms with E-state index in [0.29, 0.717) is 7.25 Å². The molecular weight excluding hydrogens is 779 g/mol. The summed E-state index contributed by atoms with van der Waals surface area (Å²) >= 11 is -3.71. The maximum absolute atomic E-state index is 3.71. The van der Waals surface area contributed by atoms with E-state index in [1.54, 1.807) is 33.4 Å². The van der Waals surface area contributed by atoms with Crippen LogP contribution in [-0.2, 0) is 17.4 Å². The van der Waals surface area contributed by atoms with Gasteiger partial charge in [0.05, 0.1) is 0 Å². The molecule has 0 amide bonds. The van der Waals surface area contributed by atoms with Gasteiger partial charge in [0.15, 0.2) is 0 Å². The summed E-state index contributed by atoms with van der Waals surface area (Å²) in [6.07, 6.45) is 20.2. The van der Waals surface area contributed by atoms with E-state index in [2.05, 4.69) is 129 Å². The van der Waals surface area contributed by atoms with Gasteiger partial charge in [-0.1, -0.05) is 0 Å². The van der Waals surface area contributed by atoms with Gasteiger partial charge >= 0.3 is 314 Å². The molecule has 0 nitrogen and oxygen atoms in total. The number of hydrogen-bond acceptors (Lipinski definition) is 0.